The maximum atomic E-state index is 12.2. The van der Waals surface area contributed by atoms with Crippen molar-refractivity contribution in [3.63, 3.8) is 0 Å². The van der Waals surface area contributed by atoms with Crippen LogP contribution in [0.1, 0.15) is 30.1 Å². The van der Waals surface area contributed by atoms with Crippen molar-refractivity contribution >= 4 is 11.6 Å². The summed E-state index contributed by atoms with van der Waals surface area (Å²) in [4.78, 5) is 12.2. The Labute approximate surface area is 113 Å². The number of ether oxygens (including phenoxy) is 2. The van der Waals surface area contributed by atoms with Gasteiger partial charge in [-0.05, 0) is 31.7 Å². The van der Waals surface area contributed by atoms with Crippen LogP contribution in [0, 0.1) is 5.92 Å². The van der Waals surface area contributed by atoms with Crippen LogP contribution in [0.3, 0.4) is 0 Å². The third-order valence-electron chi connectivity index (χ3n) is 3.50. The lowest BCUT2D eigenvalue weighted by Gasteiger charge is -2.16. The predicted molar refractivity (Wildman–Crippen MR) is 73.6 cm³/mol. The van der Waals surface area contributed by atoms with Crippen molar-refractivity contribution in [2.24, 2.45) is 5.92 Å². The van der Waals surface area contributed by atoms with E-state index in [-0.39, 0.29) is 11.9 Å². The smallest absolute Gasteiger partial charge is 0.253 e. The fraction of sp³-hybridized carbons (Fsp3) is 0.500. The highest BCUT2D eigenvalue weighted by molar-refractivity contribution is 6.01. The molecule has 5 heteroatoms. The van der Waals surface area contributed by atoms with E-state index in [1.165, 1.54) is 20.0 Å². The lowest BCUT2D eigenvalue weighted by Crippen LogP contribution is -2.34. The van der Waals surface area contributed by atoms with E-state index in [0.717, 1.165) is 0 Å². The number of anilines is 1. The molecule has 0 aliphatic heterocycles. The molecule has 0 saturated heterocycles. The lowest BCUT2D eigenvalue weighted by atomic mass is 10.1. The Balaban J connectivity index is 2.23. The van der Waals surface area contributed by atoms with Gasteiger partial charge in [0, 0.05) is 12.1 Å². The molecule has 104 valence electrons. The zero-order chi connectivity index (χ0) is 14.0. The quantitative estimate of drug-likeness (QED) is 0.795. The van der Waals surface area contributed by atoms with Gasteiger partial charge in [0.05, 0.1) is 25.5 Å². The SMILES string of the molecule is COc1cc(OC)c(N)c(C(=O)NC(C)C2CC2)c1. The molecule has 1 unspecified atom stereocenters. The summed E-state index contributed by atoms with van der Waals surface area (Å²) in [5.74, 6) is 1.41. The number of rotatable bonds is 5. The minimum Gasteiger partial charge on any atom is -0.497 e. The second kappa shape index (κ2) is 5.38. The summed E-state index contributed by atoms with van der Waals surface area (Å²) in [5.41, 5.74) is 6.67. The maximum absolute atomic E-state index is 12.2. The molecule has 19 heavy (non-hydrogen) atoms. The van der Waals surface area contributed by atoms with Gasteiger partial charge in [-0.15, -0.1) is 0 Å². The number of hydrogen-bond donors (Lipinski definition) is 2. The third kappa shape index (κ3) is 2.92. The molecule has 2 rings (SSSR count). The summed E-state index contributed by atoms with van der Waals surface area (Å²) in [6, 6.07) is 3.47. The van der Waals surface area contributed by atoms with Gasteiger partial charge in [0.2, 0.25) is 0 Å². The first kappa shape index (κ1) is 13.5. The predicted octanol–water partition coefficient (Wildman–Crippen LogP) is 1.81. The number of nitrogen functional groups attached to an aromatic ring is 1. The van der Waals surface area contributed by atoms with Crippen molar-refractivity contribution in [3.05, 3.63) is 17.7 Å². The standard InChI is InChI=1S/C14H20N2O3/c1-8(9-4-5-9)16-14(17)11-6-10(18-2)7-12(19-3)13(11)15/h6-9H,4-5,15H2,1-3H3,(H,16,17). The van der Waals surface area contributed by atoms with Crippen LogP contribution in [-0.2, 0) is 0 Å². The van der Waals surface area contributed by atoms with E-state index in [2.05, 4.69) is 5.32 Å². The number of amides is 1. The summed E-state index contributed by atoms with van der Waals surface area (Å²) in [5, 5.41) is 2.97. The normalized spacial score (nSPS) is 15.7. The zero-order valence-electron chi connectivity index (χ0n) is 11.5. The van der Waals surface area contributed by atoms with Crippen LogP contribution in [0.2, 0.25) is 0 Å². The Bertz CT molecular complexity index is 484. The minimum atomic E-state index is -0.186. The summed E-state index contributed by atoms with van der Waals surface area (Å²) in [6.07, 6.45) is 2.36. The highest BCUT2D eigenvalue weighted by atomic mass is 16.5. The van der Waals surface area contributed by atoms with Gasteiger partial charge in [-0.1, -0.05) is 0 Å². The van der Waals surface area contributed by atoms with E-state index >= 15 is 0 Å². The first-order chi connectivity index (χ1) is 9.06. The number of benzene rings is 1. The number of nitrogens with two attached hydrogens (primary N) is 1. The minimum absolute atomic E-state index is 0.170. The number of carbonyl (C=O) groups is 1. The van der Waals surface area contributed by atoms with Gasteiger partial charge in [0.25, 0.3) is 5.91 Å². The zero-order valence-corrected chi connectivity index (χ0v) is 11.5. The number of nitrogens with one attached hydrogen (secondary N) is 1. The van der Waals surface area contributed by atoms with E-state index in [0.29, 0.717) is 28.7 Å². The number of hydrogen-bond acceptors (Lipinski definition) is 4. The van der Waals surface area contributed by atoms with Crippen molar-refractivity contribution in [2.75, 3.05) is 20.0 Å². The fourth-order valence-electron chi connectivity index (χ4n) is 2.07. The van der Waals surface area contributed by atoms with Crippen molar-refractivity contribution in [2.45, 2.75) is 25.8 Å². The highest BCUT2D eigenvalue weighted by Gasteiger charge is 2.29. The average molecular weight is 264 g/mol. The van der Waals surface area contributed by atoms with Crippen LogP contribution in [0.15, 0.2) is 12.1 Å². The summed E-state index contributed by atoms with van der Waals surface area (Å²) in [6.45, 7) is 2.02. The molecule has 1 amide bonds. The van der Waals surface area contributed by atoms with E-state index in [1.54, 1.807) is 19.2 Å². The average Bonchev–Trinajstić information content (AvgIpc) is 3.23. The van der Waals surface area contributed by atoms with Crippen molar-refractivity contribution in [1.82, 2.24) is 5.32 Å². The first-order valence-corrected chi connectivity index (χ1v) is 6.39. The van der Waals surface area contributed by atoms with Crippen LogP contribution < -0.4 is 20.5 Å². The molecule has 1 aliphatic rings. The Hall–Kier alpha value is -1.91. The molecule has 1 atom stereocenters. The first-order valence-electron chi connectivity index (χ1n) is 6.39. The number of carbonyl (C=O) groups excluding carboxylic acids is 1. The van der Waals surface area contributed by atoms with Gasteiger partial charge in [0.15, 0.2) is 0 Å². The Morgan fingerprint density at radius 1 is 1.37 bits per heavy atom. The van der Waals surface area contributed by atoms with Crippen LogP contribution in [0.25, 0.3) is 0 Å². The Morgan fingerprint density at radius 2 is 2.05 bits per heavy atom. The maximum Gasteiger partial charge on any atom is 0.253 e. The number of methoxy groups -OCH3 is 2. The molecule has 1 fully saturated rings. The van der Waals surface area contributed by atoms with Gasteiger partial charge < -0.3 is 20.5 Å². The van der Waals surface area contributed by atoms with E-state index in [4.69, 9.17) is 15.2 Å². The van der Waals surface area contributed by atoms with Crippen LogP contribution in [0.4, 0.5) is 5.69 Å². The van der Waals surface area contributed by atoms with Crippen LogP contribution in [0.5, 0.6) is 11.5 Å². The van der Waals surface area contributed by atoms with Gasteiger partial charge in [-0.2, -0.15) is 0 Å². The van der Waals surface area contributed by atoms with Crippen molar-refractivity contribution < 1.29 is 14.3 Å². The highest BCUT2D eigenvalue weighted by Crippen LogP contribution is 2.34. The second-order valence-corrected chi connectivity index (χ2v) is 4.89. The molecule has 0 bridgehead atoms. The second-order valence-electron chi connectivity index (χ2n) is 4.89. The van der Waals surface area contributed by atoms with Gasteiger partial charge >= 0.3 is 0 Å². The molecule has 1 saturated carbocycles. The molecule has 1 aliphatic carbocycles. The topological polar surface area (TPSA) is 73.6 Å². The van der Waals surface area contributed by atoms with Gasteiger partial charge in [-0.3, -0.25) is 4.79 Å². The molecule has 0 spiro atoms. The molecule has 5 nitrogen and oxygen atoms in total. The largest absolute Gasteiger partial charge is 0.497 e. The van der Waals surface area contributed by atoms with Crippen molar-refractivity contribution in [1.29, 1.82) is 0 Å². The third-order valence-corrected chi connectivity index (χ3v) is 3.50. The molecular formula is C14H20N2O3. The van der Waals surface area contributed by atoms with Gasteiger partial charge in [-0.25, -0.2) is 0 Å². The lowest BCUT2D eigenvalue weighted by molar-refractivity contribution is 0.0936. The molecule has 0 radical (unpaired) electrons. The van der Waals surface area contributed by atoms with Crippen molar-refractivity contribution in [3.8, 4) is 11.5 Å². The monoisotopic (exact) mass is 264 g/mol. The Kier molecular flexibility index (Phi) is 3.83. The van der Waals surface area contributed by atoms with E-state index in [1.807, 2.05) is 6.92 Å². The van der Waals surface area contributed by atoms with Crippen LogP contribution in [-0.4, -0.2) is 26.2 Å². The summed E-state index contributed by atoms with van der Waals surface area (Å²) >= 11 is 0. The molecule has 0 aromatic heterocycles. The molecule has 1 aromatic rings. The molecular weight excluding hydrogens is 244 g/mol. The van der Waals surface area contributed by atoms with E-state index < -0.39 is 0 Å². The Morgan fingerprint density at radius 3 is 2.58 bits per heavy atom. The van der Waals surface area contributed by atoms with E-state index in [9.17, 15) is 4.79 Å². The van der Waals surface area contributed by atoms with Gasteiger partial charge in [0.1, 0.15) is 11.5 Å². The molecule has 0 heterocycles. The summed E-state index contributed by atoms with van der Waals surface area (Å²) in [7, 11) is 3.05. The molecule has 1 aromatic carbocycles. The van der Waals surface area contributed by atoms with Crippen LogP contribution >= 0.6 is 0 Å². The fourth-order valence-corrected chi connectivity index (χ4v) is 2.07. The molecule has 3 N–H and O–H groups in total. The summed E-state index contributed by atoms with van der Waals surface area (Å²) < 4.78 is 10.3.